The van der Waals surface area contributed by atoms with Crippen LogP contribution in [0.3, 0.4) is 0 Å². The van der Waals surface area contributed by atoms with E-state index in [1.165, 1.54) is 0 Å². The first-order chi connectivity index (χ1) is 8.24. The van der Waals surface area contributed by atoms with Gasteiger partial charge >= 0.3 is 6.03 Å². The van der Waals surface area contributed by atoms with Crippen molar-refractivity contribution in [1.29, 1.82) is 0 Å². The lowest BCUT2D eigenvalue weighted by molar-refractivity contribution is 0.190. The average molecular weight is 235 g/mol. The van der Waals surface area contributed by atoms with Crippen molar-refractivity contribution in [3.63, 3.8) is 0 Å². The zero-order valence-electron chi connectivity index (χ0n) is 9.91. The third kappa shape index (κ3) is 2.39. The number of urea groups is 1. The number of likely N-dealkylation sites (N-methyl/N-ethyl adjacent to an activating group) is 1. The normalized spacial score (nSPS) is 20.1. The molecule has 1 N–H and O–H groups in total. The van der Waals surface area contributed by atoms with E-state index in [0.29, 0.717) is 19.5 Å². The molecule has 0 bridgehead atoms. The summed E-state index contributed by atoms with van der Waals surface area (Å²) in [5.41, 5.74) is 0.912. The van der Waals surface area contributed by atoms with E-state index in [-0.39, 0.29) is 18.7 Å². The highest BCUT2D eigenvalue weighted by Gasteiger charge is 2.35. The molecule has 1 aliphatic rings. The molecule has 92 valence electrons. The monoisotopic (exact) mass is 235 g/mol. The van der Waals surface area contributed by atoms with Gasteiger partial charge in [0.25, 0.3) is 0 Å². The molecule has 1 aliphatic heterocycles. The van der Waals surface area contributed by atoms with Crippen LogP contribution in [0, 0.1) is 0 Å². The minimum atomic E-state index is 0.00843. The second-order valence-corrected chi connectivity index (χ2v) is 4.19. The Morgan fingerprint density at radius 3 is 3.00 bits per heavy atom. The van der Waals surface area contributed by atoms with Crippen molar-refractivity contribution in [1.82, 2.24) is 14.8 Å². The Kier molecular flexibility index (Phi) is 3.58. The van der Waals surface area contributed by atoms with Crippen molar-refractivity contribution >= 4 is 6.03 Å². The molecule has 0 aromatic carbocycles. The summed E-state index contributed by atoms with van der Waals surface area (Å²) in [5, 5.41) is 8.80. The Bertz CT molecular complexity index is 383. The van der Waals surface area contributed by atoms with E-state index in [1.54, 1.807) is 23.0 Å². The summed E-state index contributed by atoms with van der Waals surface area (Å²) in [6.45, 7) is 1.36. The number of nitrogens with zero attached hydrogens (tertiary/aromatic N) is 3. The van der Waals surface area contributed by atoms with E-state index in [0.717, 1.165) is 5.69 Å². The molecule has 0 spiro atoms. The standard InChI is InChI=1S/C12H17N3O2/c1-14-11(10-5-2-3-6-13-10)9-15(12(14)17)7-4-8-16/h2-3,5-6,11,16H,4,7-9H2,1H3. The van der Waals surface area contributed by atoms with E-state index in [2.05, 4.69) is 4.98 Å². The predicted octanol–water partition coefficient (Wildman–Crippen LogP) is 0.873. The molecule has 1 unspecified atom stereocenters. The van der Waals surface area contributed by atoms with Crippen molar-refractivity contribution in [2.24, 2.45) is 0 Å². The summed E-state index contributed by atoms with van der Waals surface area (Å²) in [4.78, 5) is 19.7. The van der Waals surface area contributed by atoms with Gasteiger partial charge in [-0.3, -0.25) is 4.98 Å². The lowest BCUT2D eigenvalue weighted by atomic mass is 10.2. The van der Waals surface area contributed by atoms with Gasteiger partial charge < -0.3 is 14.9 Å². The quantitative estimate of drug-likeness (QED) is 0.842. The van der Waals surface area contributed by atoms with Crippen molar-refractivity contribution in [2.75, 3.05) is 26.7 Å². The van der Waals surface area contributed by atoms with Gasteiger partial charge in [0.2, 0.25) is 0 Å². The zero-order valence-corrected chi connectivity index (χ0v) is 9.91. The van der Waals surface area contributed by atoms with Gasteiger partial charge in [0.1, 0.15) is 0 Å². The second-order valence-electron chi connectivity index (χ2n) is 4.19. The number of aromatic nitrogens is 1. The Labute approximate surface area is 101 Å². The van der Waals surface area contributed by atoms with Crippen molar-refractivity contribution in [3.8, 4) is 0 Å². The molecule has 0 saturated carbocycles. The van der Waals surface area contributed by atoms with Crippen LogP contribution in [0.25, 0.3) is 0 Å². The van der Waals surface area contributed by atoms with Crippen molar-refractivity contribution in [3.05, 3.63) is 30.1 Å². The fraction of sp³-hybridized carbons (Fsp3) is 0.500. The minimum absolute atomic E-state index is 0.00843. The van der Waals surface area contributed by atoms with Crippen LogP contribution in [0.2, 0.25) is 0 Å². The molecule has 1 aromatic heterocycles. The molecule has 0 radical (unpaired) electrons. The Morgan fingerprint density at radius 1 is 1.53 bits per heavy atom. The number of hydrogen-bond acceptors (Lipinski definition) is 3. The molecule has 17 heavy (non-hydrogen) atoms. The van der Waals surface area contributed by atoms with Crippen LogP contribution in [0.1, 0.15) is 18.2 Å². The SMILES string of the molecule is CN1C(=O)N(CCCO)CC1c1ccccn1. The third-order valence-corrected chi connectivity index (χ3v) is 3.05. The van der Waals surface area contributed by atoms with Crippen LogP contribution >= 0.6 is 0 Å². The molecule has 2 heterocycles. The third-order valence-electron chi connectivity index (χ3n) is 3.05. The van der Waals surface area contributed by atoms with E-state index in [1.807, 2.05) is 18.2 Å². The lowest BCUT2D eigenvalue weighted by Gasteiger charge is -2.16. The first-order valence-electron chi connectivity index (χ1n) is 5.77. The molecule has 2 rings (SSSR count). The molecule has 5 heteroatoms. The van der Waals surface area contributed by atoms with Crippen molar-refractivity contribution < 1.29 is 9.90 Å². The van der Waals surface area contributed by atoms with Crippen molar-refractivity contribution in [2.45, 2.75) is 12.5 Å². The van der Waals surface area contributed by atoms with Crippen LogP contribution in [0.4, 0.5) is 4.79 Å². The molecule has 1 fully saturated rings. The van der Waals surface area contributed by atoms with Gasteiger partial charge in [0, 0.05) is 32.9 Å². The van der Waals surface area contributed by atoms with Crippen LogP contribution in [-0.4, -0.2) is 52.7 Å². The fourth-order valence-corrected chi connectivity index (χ4v) is 2.08. The molecular formula is C12H17N3O2. The largest absolute Gasteiger partial charge is 0.396 e. The summed E-state index contributed by atoms with van der Waals surface area (Å²) >= 11 is 0. The average Bonchev–Trinajstić information content (AvgIpc) is 2.65. The number of rotatable bonds is 4. The fourth-order valence-electron chi connectivity index (χ4n) is 2.08. The number of aliphatic hydroxyl groups is 1. The van der Waals surface area contributed by atoms with Crippen LogP contribution in [0.5, 0.6) is 0 Å². The maximum absolute atomic E-state index is 11.9. The summed E-state index contributed by atoms with van der Waals surface area (Å²) < 4.78 is 0. The highest BCUT2D eigenvalue weighted by molar-refractivity contribution is 5.77. The first kappa shape index (κ1) is 11.9. The van der Waals surface area contributed by atoms with Gasteiger partial charge in [-0.05, 0) is 18.6 Å². The van der Waals surface area contributed by atoms with Gasteiger partial charge in [0.15, 0.2) is 0 Å². The van der Waals surface area contributed by atoms with E-state index < -0.39 is 0 Å². The Hall–Kier alpha value is -1.62. The summed E-state index contributed by atoms with van der Waals surface area (Å²) in [7, 11) is 1.79. The van der Waals surface area contributed by atoms with Crippen LogP contribution < -0.4 is 0 Å². The van der Waals surface area contributed by atoms with Gasteiger partial charge in [-0.15, -0.1) is 0 Å². The molecule has 1 saturated heterocycles. The second kappa shape index (κ2) is 5.14. The predicted molar refractivity (Wildman–Crippen MR) is 63.4 cm³/mol. The Balaban J connectivity index is 2.09. The summed E-state index contributed by atoms with van der Waals surface area (Å²) in [6.07, 6.45) is 2.36. The van der Waals surface area contributed by atoms with Gasteiger partial charge in [-0.25, -0.2) is 4.79 Å². The first-order valence-corrected chi connectivity index (χ1v) is 5.77. The van der Waals surface area contributed by atoms with Gasteiger partial charge in [-0.2, -0.15) is 0 Å². The van der Waals surface area contributed by atoms with E-state index in [4.69, 9.17) is 5.11 Å². The van der Waals surface area contributed by atoms with Gasteiger partial charge in [0.05, 0.1) is 11.7 Å². The topological polar surface area (TPSA) is 56.7 Å². The number of hydrogen-bond donors (Lipinski definition) is 1. The number of carbonyl (C=O) groups excluding carboxylic acids is 1. The highest BCUT2D eigenvalue weighted by Crippen LogP contribution is 2.26. The Morgan fingerprint density at radius 2 is 2.35 bits per heavy atom. The molecule has 2 amide bonds. The summed E-state index contributed by atoms with van der Waals surface area (Å²) in [6, 6.07) is 5.75. The molecule has 1 atom stereocenters. The number of pyridine rings is 1. The summed E-state index contributed by atoms with van der Waals surface area (Å²) in [5.74, 6) is 0. The minimum Gasteiger partial charge on any atom is -0.396 e. The molecule has 0 aliphatic carbocycles. The lowest BCUT2D eigenvalue weighted by Crippen LogP contribution is -2.30. The number of aliphatic hydroxyl groups excluding tert-OH is 1. The molecule has 1 aromatic rings. The number of carbonyl (C=O) groups is 1. The van der Waals surface area contributed by atoms with Crippen LogP contribution in [-0.2, 0) is 0 Å². The van der Waals surface area contributed by atoms with Gasteiger partial charge in [-0.1, -0.05) is 6.07 Å². The highest BCUT2D eigenvalue weighted by atomic mass is 16.3. The molecule has 5 nitrogen and oxygen atoms in total. The smallest absolute Gasteiger partial charge is 0.320 e. The maximum Gasteiger partial charge on any atom is 0.320 e. The molecular weight excluding hydrogens is 218 g/mol. The maximum atomic E-state index is 11.9. The zero-order chi connectivity index (χ0) is 12.3. The van der Waals surface area contributed by atoms with E-state index >= 15 is 0 Å². The van der Waals surface area contributed by atoms with E-state index in [9.17, 15) is 4.79 Å². The number of amides is 2. The van der Waals surface area contributed by atoms with Crippen LogP contribution in [0.15, 0.2) is 24.4 Å².